The van der Waals surface area contributed by atoms with E-state index in [0.29, 0.717) is 11.7 Å². The van der Waals surface area contributed by atoms with Crippen molar-refractivity contribution in [2.75, 3.05) is 12.3 Å². The molecule has 0 bridgehead atoms. The first kappa shape index (κ1) is 11.3. The lowest BCUT2D eigenvalue weighted by Crippen LogP contribution is -2.12. The second-order valence-electron chi connectivity index (χ2n) is 3.27. The predicted octanol–water partition coefficient (Wildman–Crippen LogP) is 0.944. The van der Waals surface area contributed by atoms with Gasteiger partial charge in [-0.25, -0.2) is 4.98 Å². The molecule has 0 saturated heterocycles. The lowest BCUT2D eigenvalue weighted by molar-refractivity contribution is 0.769. The number of nitrogens with one attached hydrogen (secondary N) is 1. The molecule has 0 aliphatic carbocycles. The minimum absolute atomic E-state index is 0.0942. The largest absolute Gasteiger partial charge is 0.330 e. The van der Waals surface area contributed by atoms with E-state index in [4.69, 9.17) is 5.73 Å². The molecule has 0 aromatic carbocycles. The molecule has 1 rings (SSSR count). The maximum Gasteiger partial charge on any atom is 0.251 e. The van der Waals surface area contributed by atoms with Gasteiger partial charge in [0, 0.05) is 18.4 Å². The Hall–Kier alpha value is -0.810. The molecule has 0 radical (unpaired) electrons. The molecule has 14 heavy (non-hydrogen) atoms. The summed E-state index contributed by atoms with van der Waals surface area (Å²) in [5.74, 6) is 1.04. The van der Waals surface area contributed by atoms with E-state index in [9.17, 15) is 4.79 Å². The maximum absolute atomic E-state index is 11.2. The number of nitrogens with two attached hydrogens (primary N) is 1. The molecule has 5 heteroatoms. The van der Waals surface area contributed by atoms with Crippen LogP contribution in [0.1, 0.15) is 25.5 Å². The lowest BCUT2D eigenvalue weighted by Gasteiger charge is -2.05. The van der Waals surface area contributed by atoms with Crippen LogP contribution < -0.4 is 11.3 Å². The third-order valence-corrected chi connectivity index (χ3v) is 2.59. The Morgan fingerprint density at radius 2 is 2.36 bits per heavy atom. The third kappa shape index (κ3) is 3.16. The molecule has 0 aliphatic rings. The zero-order valence-electron chi connectivity index (χ0n) is 8.41. The molecule has 3 N–H and O–H groups in total. The van der Waals surface area contributed by atoms with Crippen molar-refractivity contribution >= 4 is 11.8 Å². The van der Waals surface area contributed by atoms with Gasteiger partial charge in [0.25, 0.3) is 5.56 Å². The van der Waals surface area contributed by atoms with Crippen molar-refractivity contribution in [3.8, 4) is 0 Å². The molecule has 0 saturated carbocycles. The maximum atomic E-state index is 11.2. The molecule has 4 nitrogen and oxygen atoms in total. The van der Waals surface area contributed by atoms with Gasteiger partial charge in [-0.1, -0.05) is 25.6 Å². The lowest BCUT2D eigenvalue weighted by atomic mass is 10.1. The highest BCUT2D eigenvalue weighted by molar-refractivity contribution is 7.99. The Kier molecular flexibility index (Phi) is 4.16. The number of H-pyrrole nitrogens is 1. The van der Waals surface area contributed by atoms with Gasteiger partial charge in [0.05, 0.1) is 5.69 Å². The minimum atomic E-state index is -0.0942. The first-order valence-corrected chi connectivity index (χ1v) is 5.56. The van der Waals surface area contributed by atoms with Gasteiger partial charge >= 0.3 is 0 Å². The van der Waals surface area contributed by atoms with Crippen LogP contribution in [0.5, 0.6) is 0 Å². The number of rotatable bonds is 4. The van der Waals surface area contributed by atoms with Gasteiger partial charge < -0.3 is 10.7 Å². The fourth-order valence-electron chi connectivity index (χ4n) is 0.973. The summed E-state index contributed by atoms with van der Waals surface area (Å²) >= 11 is 1.47. The molecule has 0 aliphatic heterocycles. The highest BCUT2D eigenvalue weighted by Gasteiger charge is 2.04. The first-order chi connectivity index (χ1) is 6.63. The molecule has 78 valence electrons. The Balaban J connectivity index is 2.90. The molecule has 1 aromatic heterocycles. The summed E-state index contributed by atoms with van der Waals surface area (Å²) in [4.78, 5) is 18.2. The Bertz CT molecular complexity index is 348. The average Bonchev–Trinajstić information content (AvgIpc) is 2.14. The van der Waals surface area contributed by atoms with Crippen LogP contribution in [-0.2, 0) is 0 Å². The van der Waals surface area contributed by atoms with Crippen LogP contribution in [-0.4, -0.2) is 22.3 Å². The van der Waals surface area contributed by atoms with Gasteiger partial charge in [-0.2, -0.15) is 0 Å². The van der Waals surface area contributed by atoms with Crippen LogP contribution in [0.4, 0.5) is 0 Å². The number of nitrogens with zero attached hydrogens (tertiary/aromatic N) is 1. The van der Waals surface area contributed by atoms with Crippen LogP contribution in [0, 0.1) is 0 Å². The second kappa shape index (κ2) is 5.17. The highest BCUT2D eigenvalue weighted by atomic mass is 32.2. The van der Waals surface area contributed by atoms with Gasteiger partial charge in [0.1, 0.15) is 0 Å². The number of hydrogen-bond acceptors (Lipinski definition) is 4. The van der Waals surface area contributed by atoms with Crippen LogP contribution in [0.25, 0.3) is 0 Å². The molecular weight excluding hydrogens is 198 g/mol. The van der Waals surface area contributed by atoms with Gasteiger partial charge in [-0.05, 0) is 5.92 Å². The van der Waals surface area contributed by atoms with Crippen molar-refractivity contribution in [2.45, 2.75) is 24.9 Å². The van der Waals surface area contributed by atoms with Crippen molar-refractivity contribution in [3.05, 3.63) is 22.1 Å². The minimum Gasteiger partial charge on any atom is -0.330 e. The summed E-state index contributed by atoms with van der Waals surface area (Å²) in [6, 6.07) is 1.54. The summed E-state index contributed by atoms with van der Waals surface area (Å²) in [7, 11) is 0. The van der Waals surface area contributed by atoms with Crippen molar-refractivity contribution in [2.24, 2.45) is 5.73 Å². The molecular formula is C9H15N3OS. The van der Waals surface area contributed by atoms with Crippen molar-refractivity contribution < 1.29 is 0 Å². The summed E-state index contributed by atoms with van der Waals surface area (Å²) in [6.07, 6.45) is 0. The number of thioether (sulfide) groups is 1. The fraction of sp³-hybridized carbons (Fsp3) is 0.556. The smallest absolute Gasteiger partial charge is 0.251 e. The Morgan fingerprint density at radius 1 is 1.64 bits per heavy atom. The van der Waals surface area contributed by atoms with E-state index in [1.807, 2.05) is 13.8 Å². The van der Waals surface area contributed by atoms with E-state index < -0.39 is 0 Å². The zero-order valence-corrected chi connectivity index (χ0v) is 9.23. The standard InChI is InChI=1S/C9H15N3OS/c1-6(2)7-5-8(13)12-9(11-7)14-4-3-10/h5-6H,3-4,10H2,1-2H3,(H,11,12,13). The molecule has 0 amide bonds. The van der Waals surface area contributed by atoms with E-state index in [1.54, 1.807) is 0 Å². The van der Waals surface area contributed by atoms with E-state index in [0.717, 1.165) is 11.4 Å². The summed E-state index contributed by atoms with van der Waals surface area (Å²) in [5.41, 5.74) is 6.10. The van der Waals surface area contributed by atoms with Crippen LogP contribution >= 0.6 is 11.8 Å². The van der Waals surface area contributed by atoms with Crippen LogP contribution in [0.2, 0.25) is 0 Å². The molecule has 0 atom stereocenters. The highest BCUT2D eigenvalue weighted by Crippen LogP contribution is 2.14. The molecule has 1 heterocycles. The number of aromatic amines is 1. The predicted molar refractivity (Wildman–Crippen MR) is 58.7 cm³/mol. The van der Waals surface area contributed by atoms with E-state index >= 15 is 0 Å². The van der Waals surface area contributed by atoms with Crippen molar-refractivity contribution in [3.63, 3.8) is 0 Å². The molecule has 0 unspecified atom stereocenters. The van der Waals surface area contributed by atoms with E-state index in [-0.39, 0.29) is 11.5 Å². The monoisotopic (exact) mass is 213 g/mol. The van der Waals surface area contributed by atoms with Gasteiger partial charge in [0.2, 0.25) is 0 Å². The van der Waals surface area contributed by atoms with Crippen LogP contribution in [0.15, 0.2) is 16.0 Å². The SMILES string of the molecule is CC(C)c1cc(=O)[nH]c(SCCN)n1. The third-order valence-electron chi connectivity index (χ3n) is 1.69. The summed E-state index contributed by atoms with van der Waals surface area (Å²) < 4.78 is 0. The summed E-state index contributed by atoms with van der Waals surface area (Å²) in [5, 5.41) is 0.659. The quantitative estimate of drug-likeness (QED) is 0.577. The van der Waals surface area contributed by atoms with E-state index in [1.165, 1.54) is 17.8 Å². The van der Waals surface area contributed by atoms with Crippen molar-refractivity contribution in [1.29, 1.82) is 0 Å². The molecule has 0 spiro atoms. The van der Waals surface area contributed by atoms with Crippen molar-refractivity contribution in [1.82, 2.24) is 9.97 Å². The van der Waals surface area contributed by atoms with Gasteiger partial charge in [0.15, 0.2) is 5.16 Å². The van der Waals surface area contributed by atoms with E-state index in [2.05, 4.69) is 9.97 Å². The second-order valence-corrected chi connectivity index (χ2v) is 4.35. The topological polar surface area (TPSA) is 71.8 Å². The number of hydrogen-bond donors (Lipinski definition) is 2. The summed E-state index contributed by atoms with van der Waals surface area (Å²) in [6.45, 7) is 4.61. The van der Waals surface area contributed by atoms with Crippen LogP contribution in [0.3, 0.4) is 0 Å². The zero-order chi connectivity index (χ0) is 10.6. The normalized spacial score (nSPS) is 10.9. The fourth-order valence-corrected chi connectivity index (χ4v) is 1.63. The molecule has 1 aromatic rings. The Morgan fingerprint density at radius 3 is 2.93 bits per heavy atom. The molecule has 0 fully saturated rings. The van der Waals surface area contributed by atoms with Gasteiger partial charge in [-0.3, -0.25) is 4.79 Å². The van der Waals surface area contributed by atoms with Gasteiger partial charge in [-0.15, -0.1) is 0 Å². The average molecular weight is 213 g/mol. The Labute approximate surface area is 87.3 Å². The first-order valence-electron chi connectivity index (χ1n) is 4.57. The number of aromatic nitrogens is 2.